The number of nitrogens with zero attached hydrogens (tertiary/aromatic N) is 1. The van der Waals surface area contributed by atoms with Gasteiger partial charge < -0.3 is 15.5 Å². The second-order valence-electron chi connectivity index (χ2n) is 3.83. The minimum absolute atomic E-state index is 0.407. The van der Waals surface area contributed by atoms with Crippen LogP contribution in [0.5, 0.6) is 5.75 Å². The molecule has 1 aromatic heterocycles. The molecule has 1 unspecified atom stereocenters. The number of hydrogen-bond acceptors (Lipinski definition) is 4. The molecule has 1 rings (SSSR count). The van der Waals surface area contributed by atoms with E-state index in [0.29, 0.717) is 6.92 Å². The summed E-state index contributed by atoms with van der Waals surface area (Å²) >= 11 is 0. The Balaban J connectivity index is 2.71. The summed E-state index contributed by atoms with van der Waals surface area (Å²) in [5.41, 5.74) is -3.46. The van der Waals surface area contributed by atoms with Crippen LogP contribution in [0.25, 0.3) is 0 Å². The predicted molar refractivity (Wildman–Crippen MR) is 54.9 cm³/mol. The van der Waals surface area contributed by atoms with Crippen molar-refractivity contribution in [1.29, 1.82) is 0 Å². The highest BCUT2D eigenvalue weighted by molar-refractivity contribution is 5.94. The molecule has 0 aliphatic carbocycles. The second-order valence-corrected chi connectivity index (χ2v) is 3.83. The lowest BCUT2D eigenvalue weighted by atomic mass is 10.1. The Morgan fingerprint density at radius 1 is 1.50 bits per heavy atom. The molecule has 8 heteroatoms. The molecule has 1 atom stereocenters. The molecule has 0 spiro atoms. The lowest BCUT2D eigenvalue weighted by Gasteiger charge is -2.26. The normalized spacial score (nSPS) is 14.9. The van der Waals surface area contributed by atoms with Crippen molar-refractivity contribution in [3.05, 3.63) is 24.0 Å². The van der Waals surface area contributed by atoms with Gasteiger partial charge in [0.2, 0.25) is 0 Å². The molecule has 1 heterocycles. The maximum absolute atomic E-state index is 12.3. The molecule has 0 saturated carbocycles. The van der Waals surface area contributed by atoms with Crippen molar-refractivity contribution in [2.75, 3.05) is 6.54 Å². The fraction of sp³-hybridized carbons (Fsp3) is 0.400. The number of aromatic hydroxyl groups is 1. The van der Waals surface area contributed by atoms with Crippen LogP contribution in [0.15, 0.2) is 18.3 Å². The Labute approximate surface area is 100 Å². The molecule has 3 N–H and O–H groups in total. The van der Waals surface area contributed by atoms with Crippen molar-refractivity contribution in [1.82, 2.24) is 10.3 Å². The Kier molecular flexibility index (Phi) is 3.80. The Bertz CT molecular complexity index is 446. The Morgan fingerprint density at radius 2 is 2.11 bits per heavy atom. The van der Waals surface area contributed by atoms with E-state index in [1.807, 2.05) is 5.32 Å². The molecule has 0 aliphatic rings. The predicted octanol–water partition coefficient (Wildman–Crippen LogP) is 0.830. The zero-order chi connectivity index (χ0) is 14.0. The number of aliphatic hydroxyl groups is 1. The third-order valence-corrected chi connectivity index (χ3v) is 2.21. The summed E-state index contributed by atoms with van der Waals surface area (Å²) < 4.78 is 36.9. The van der Waals surface area contributed by atoms with Gasteiger partial charge in [-0.3, -0.25) is 4.79 Å². The van der Waals surface area contributed by atoms with E-state index >= 15 is 0 Å². The summed E-state index contributed by atoms with van der Waals surface area (Å²) in [5.74, 6) is -1.46. The number of carbonyl (C=O) groups is 1. The SMILES string of the molecule is CC(O)(CNC(=O)c1ncccc1O)C(F)(F)F. The highest BCUT2D eigenvalue weighted by atomic mass is 19.4. The first kappa shape index (κ1) is 14.2. The maximum atomic E-state index is 12.3. The van der Waals surface area contributed by atoms with Crippen LogP contribution < -0.4 is 5.32 Å². The number of rotatable bonds is 3. The number of amides is 1. The number of pyridine rings is 1. The first-order valence-corrected chi connectivity index (χ1v) is 4.86. The minimum Gasteiger partial charge on any atom is -0.505 e. The maximum Gasteiger partial charge on any atom is 0.418 e. The molecule has 0 saturated heterocycles. The van der Waals surface area contributed by atoms with Crippen molar-refractivity contribution in [3.63, 3.8) is 0 Å². The molecule has 0 aliphatic heterocycles. The molecule has 0 fully saturated rings. The van der Waals surface area contributed by atoms with Crippen LogP contribution >= 0.6 is 0 Å². The fourth-order valence-electron chi connectivity index (χ4n) is 1.01. The first-order chi connectivity index (χ1) is 8.15. The Morgan fingerprint density at radius 3 is 2.61 bits per heavy atom. The average Bonchev–Trinajstić information content (AvgIpc) is 2.25. The summed E-state index contributed by atoms with van der Waals surface area (Å²) in [5, 5.41) is 20.2. The lowest BCUT2D eigenvalue weighted by molar-refractivity contribution is -0.249. The van der Waals surface area contributed by atoms with E-state index in [-0.39, 0.29) is 0 Å². The molecule has 5 nitrogen and oxygen atoms in total. The third-order valence-electron chi connectivity index (χ3n) is 2.21. The van der Waals surface area contributed by atoms with E-state index in [1.54, 1.807) is 0 Å². The summed E-state index contributed by atoms with van der Waals surface area (Å²) in [6.45, 7) is -0.503. The quantitative estimate of drug-likeness (QED) is 0.755. The van der Waals surface area contributed by atoms with Crippen LogP contribution in [0.2, 0.25) is 0 Å². The monoisotopic (exact) mass is 264 g/mol. The fourth-order valence-corrected chi connectivity index (χ4v) is 1.01. The summed E-state index contributed by atoms with van der Waals surface area (Å²) in [6, 6.07) is 2.53. The molecule has 18 heavy (non-hydrogen) atoms. The van der Waals surface area contributed by atoms with Gasteiger partial charge in [-0.25, -0.2) is 4.98 Å². The summed E-state index contributed by atoms with van der Waals surface area (Å²) in [7, 11) is 0. The van der Waals surface area contributed by atoms with Crippen LogP contribution in [0.4, 0.5) is 13.2 Å². The van der Waals surface area contributed by atoms with Gasteiger partial charge >= 0.3 is 6.18 Å². The Hall–Kier alpha value is -1.83. The largest absolute Gasteiger partial charge is 0.505 e. The standard InChI is InChI=1S/C10H11F3N2O3/c1-9(18,10(11,12)13)5-15-8(17)7-6(16)3-2-4-14-7/h2-4,16,18H,5H2,1H3,(H,15,17). The van der Waals surface area contributed by atoms with E-state index in [1.165, 1.54) is 18.3 Å². The van der Waals surface area contributed by atoms with Crippen LogP contribution in [-0.2, 0) is 0 Å². The van der Waals surface area contributed by atoms with Gasteiger partial charge in [0, 0.05) is 6.20 Å². The van der Waals surface area contributed by atoms with Crippen molar-refractivity contribution >= 4 is 5.91 Å². The van der Waals surface area contributed by atoms with Gasteiger partial charge in [0.15, 0.2) is 11.3 Å². The van der Waals surface area contributed by atoms with Crippen LogP contribution in [0.3, 0.4) is 0 Å². The summed E-state index contributed by atoms with van der Waals surface area (Å²) in [6.07, 6.45) is -3.66. The minimum atomic E-state index is -4.87. The van der Waals surface area contributed by atoms with Crippen molar-refractivity contribution < 1.29 is 28.2 Å². The molecule has 100 valence electrons. The van der Waals surface area contributed by atoms with Crippen LogP contribution in [-0.4, -0.2) is 39.4 Å². The first-order valence-electron chi connectivity index (χ1n) is 4.86. The van der Waals surface area contributed by atoms with Gasteiger partial charge in [-0.2, -0.15) is 13.2 Å². The number of carbonyl (C=O) groups excluding carboxylic acids is 1. The van der Waals surface area contributed by atoms with Gasteiger partial charge in [-0.1, -0.05) is 0 Å². The zero-order valence-electron chi connectivity index (χ0n) is 9.32. The lowest BCUT2D eigenvalue weighted by Crippen LogP contribution is -2.51. The molecule has 0 aromatic carbocycles. The van der Waals surface area contributed by atoms with Gasteiger partial charge in [0.1, 0.15) is 5.75 Å². The van der Waals surface area contributed by atoms with Gasteiger partial charge in [0.05, 0.1) is 6.54 Å². The van der Waals surface area contributed by atoms with Gasteiger partial charge in [-0.05, 0) is 19.1 Å². The van der Waals surface area contributed by atoms with Crippen molar-refractivity contribution in [2.24, 2.45) is 0 Å². The average molecular weight is 264 g/mol. The number of alkyl halides is 3. The third kappa shape index (κ3) is 3.10. The number of nitrogens with one attached hydrogen (secondary N) is 1. The van der Waals surface area contributed by atoms with Crippen LogP contribution in [0, 0.1) is 0 Å². The topological polar surface area (TPSA) is 82.5 Å². The van der Waals surface area contributed by atoms with Crippen LogP contribution in [0.1, 0.15) is 17.4 Å². The second kappa shape index (κ2) is 4.81. The van der Waals surface area contributed by atoms with E-state index in [4.69, 9.17) is 5.11 Å². The van der Waals surface area contributed by atoms with Gasteiger partial charge in [-0.15, -0.1) is 0 Å². The smallest absolute Gasteiger partial charge is 0.418 e. The van der Waals surface area contributed by atoms with Crippen molar-refractivity contribution in [3.8, 4) is 5.75 Å². The molecular weight excluding hydrogens is 253 g/mol. The number of hydrogen-bond donors (Lipinski definition) is 3. The number of halogens is 3. The molecular formula is C10H11F3N2O3. The van der Waals surface area contributed by atoms with E-state index in [9.17, 15) is 23.1 Å². The van der Waals surface area contributed by atoms with E-state index in [2.05, 4.69) is 4.98 Å². The molecule has 0 bridgehead atoms. The molecule has 1 aromatic rings. The van der Waals surface area contributed by atoms with E-state index < -0.39 is 35.7 Å². The van der Waals surface area contributed by atoms with Crippen molar-refractivity contribution in [2.45, 2.75) is 18.7 Å². The number of aromatic nitrogens is 1. The van der Waals surface area contributed by atoms with Gasteiger partial charge in [0.25, 0.3) is 5.91 Å². The zero-order valence-corrected chi connectivity index (χ0v) is 9.32. The summed E-state index contributed by atoms with van der Waals surface area (Å²) in [4.78, 5) is 14.9. The molecule has 0 radical (unpaired) electrons. The highest BCUT2D eigenvalue weighted by Gasteiger charge is 2.49. The molecule has 1 amide bonds. The highest BCUT2D eigenvalue weighted by Crippen LogP contribution is 2.29. The van der Waals surface area contributed by atoms with E-state index in [0.717, 1.165) is 0 Å².